The minimum atomic E-state index is -0.378. The third kappa shape index (κ3) is 2.58. The first-order valence-corrected chi connectivity index (χ1v) is 4.62. The van der Waals surface area contributed by atoms with Gasteiger partial charge in [-0.2, -0.15) is 0 Å². The normalized spacial score (nSPS) is 9.75. The molecule has 1 rings (SSSR count). The van der Waals surface area contributed by atoms with Crippen LogP contribution in [0.3, 0.4) is 0 Å². The van der Waals surface area contributed by atoms with Crippen molar-refractivity contribution in [1.29, 1.82) is 0 Å². The second-order valence-electron chi connectivity index (χ2n) is 2.28. The molecule has 4 nitrogen and oxygen atoms in total. The van der Waals surface area contributed by atoms with E-state index in [1.807, 2.05) is 6.92 Å². The summed E-state index contributed by atoms with van der Waals surface area (Å²) in [6.45, 7) is 2.51. The zero-order valence-electron chi connectivity index (χ0n) is 6.82. The van der Waals surface area contributed by atoms with Crippen molar-refractivity contribution in [1.82, 2.24) is 9.59 Å². The van der Waals surface area contributed by atoms with Crippen LogP contribution in [0.5, 0.6) is 0 Å². The molecule has 0 atom stereocenters. The van der Waals surface area contributed by atoms with E-state index in [2.05, 4.69) is 9.59 Å². The fourth-order valence-electron chi connectivity index (χ4n) is 0.637. The fraction of sp³-hybridized carbons (Fsp3) is 0.571. The van der Waals surface area contributed by atoms with Crippen LogP contribution in [0, 0.1) is 0 Å². The maximum absolute atomic E-state index is 11.1. The van der Waals surface area contributed by atoms with Crippen molar-refractivity contribution in [2.45, 2.75) is 19.8 Å². The van der Waals surface area contributed by atoms with Gasteiger partial charge in [0.15, 0.2) is 5.69 Å². The van der Waals surface area contributed by atoms with Crippen LogP contribution in [-0.2, 0) is 4.74 Å². The van der Waals surface area contributed by atoms with Crippen LogP contribution in [0.2, 0.25) is 0 Å². The monoisotopic (exact) mass is 186 g/mol. The molecule has 0 aliphatic rings. The van der Waals surface area contributed by atoms with Gasteiger partial charge in [0, 0.05) is 5.38 Å². The minimum absolute atomic E-state index is 0.302. The average Bonchev–Trinajstić information content (AvgIpc) is 2.56. The smallest absolute Gasteiger partial charge is 0.359 e. The third-order valence-electron chi connectivity index (χ3n) is 1.30. The molecule has 0 fully saturated rings. The van der Waals surface area contributed by atoms with Crippen LogP contribution < -0.4 is 0 Å². The van der Waals surface area contributed by atoms with E-state index >= 15 is 0 Å². The quantitative estimate of drug-likeness (QED) is 0.528. The second kappa shape index (κ2) is 4.82. The second-order valence-corrected chi connectivity index (χ2v) is 2.89. The molecule has 0 saturated carbocycles. The molecule has 0 saturated heterocycles. The topological polar surface area (TPSA) is 52.1 Å². The molecule has 0 aromatic carbocycles. The third-order valence-corrected chi connectivity index (χ3v) is 1.80. The Bertz CT molecular complexity index is 236. The van der Waals surface area contributed by atoms with Crippen LogP contribution in [0.15, 0.2) is 5.38 Å². The van der Waals surface area contributed by atoms with Crippen molar-refractivity contribution in [3.05, 3.63) is 11.1 Å². The first-order chi connectivity index (χ1) is 5.84. The molecule has 0 aliphatic carbocycles. The molecular formula is C7H10N2O2S. The summed E-state index contributed by atoms with van der Waals surface area (Å²) < 4.78 is 8.45. The number of hydrogen-bond donors (Lipinski definition) is 0. The lowest BCUT2D eigenvalue weighted by molar-refractivity contribution is 0.0493. The SMILES string of the molecule is CCCCOC(=O)c1csnn1. The molecule has 1 aromatic rings. The number of nitrogens with zero attached hydrogens (tertiary/aromatic N) is 2. The molecule has 0 amide bonds. The van der Waals surface area contributed by atoms with Gasteiger partial charge in [-0.1, -0.05) is 17.8 Å². The molecule has 0 radical (unpaired) electrons. The standard InChI is InChI=1S/C7H10N2O2S/c1-2-3-4-11-7(10)6-5-12-9-8-6/h5H,2-4H2,1H3. The van der Waals surface area contributed by atoms with Crippen molar-refractivity contribution in [3.8, 4) is 0 Å². The number of unbranched alkanes of at least 4 members (excludes halogenated alkanes) is 1. The molecular weight excluding hydrogens is 176 g/mol. The molecule has 5 heteroatoms. The lowest BCUT2D eigenvalue weighted by Crippen LogP contribution is -2.06. The molecule has 0 unspecified atom stereocenters. The van der Waals surface area contributed by atoms with Crippen molar-refractivity contribution in [2.24, 2.45) is 0 Å². The zero-order valence-corrected chi connectivity index (χ0v) is 7.63. The van der Waals surface area contributed by atoms with Gasteiger partial charge in [-0.05, 0) is 18.0 Å². The van der Waals surface area contributed by atoms with Crippen LogP contribution in [0.25, 0.3) is 0 Å². The summed E-state index contributed by atoms with van der Waals surface area (Å²) >= 11 is 1.15. The Hall–Kier alpha value is -0.970. The van der Waals surface area contributed by atoms with E-state index < -0.39 is 0 Å². The largest absolute Gasteiger partial charge is 0.461 e. The predicted octanol–water partition coefficient (Wildman–Crippen LogP) is 1.49. The van der Waals surface area contributed by atoms with Gasteiger partial charge in [0.2, 0.25) is 0 Å². The van der Waals surface area contributed by atoms with Gasteiger partial charge < -0.3 is 4.74 Å². The Morgan fingerprint density at radius 2 is 2.58 bits per heavy atom. The minimum Gasteiger partial charge on any atom is -0.461 e. The maximum Gasteiger partial charge on any atom is 0.359 e. The van der Waals surface area contributed by atoms with E-state index in [0.29, 0.717) is 12.3 Å². The summed E-state index contributed by atoms with van der Waals surface area (Å²) in [7, 11) is 0. The van der Waals surface area contributed by atoms with Gasteiger partial charge >= 0.3 is 5.97 Å². The molecule has 12 heavy (non-hydrogen) atoms. The van der Waals surface area contributed by atoms with Crippen molar-refractivity contribution in [2.75, 3.05) is 6.61 Å². The number of esters is 1. The Kier molecular flexibility index (Phi) is 3.66. The summed E-state index contributed by atoms with van der Waals surface area (Å²) in [5.41, 5.74) is 0.302. The van der Waals surface area contributed by atoms with E-state index in [1.165, 1.54) is 0 Å². The summed E-state index contributed by atoms with van der Waals surface area (Å²) in [5.74, 6) is -0.378. The lowest BCUT2D eigenvalue weighted by atomic mass is 10.4. The zero-order chi connectivity index (χ0) is 8.81. The van der Waals surface area contributed by atoms with Gasteiger partial charge in [0.05, 0.1) is 6.61 Å². The highest BCUT2D eigenvalue weighted by Crippen LogP contribution is 2.00. The van der Waals surface area contributed by atoms with Crippen molar-refractivity contribution < 1.29 is 9.53 Å². The number of carbonyl (C=O) groups excluding carboxylic acids is 1. The lowest BCUT2D eigenvalue weighted by Gasteiger charge is -1.99. The molecule has 1 heterocycles. The first kappa shape index (κ1) is 9.12. The highest BCUT2D eigenvalue weighted by molar-refractivity contribution is 7.03. The average molecular weight is 186 g/mol. The molecule has 66 valence electrons. The van der Waals surface area contributed by atoms with E-state index in [4.69, 9.17) is 4.74 Å². The van der Waals surface area contributed by atoms with Crippen LogP contribution in [0.4, 0.5) is 0 Å². The van der Waals surface area contributed by atoms with Gasteiger partial charge in [0.25, 0.3) is 0 Å². The number of aromatic nitrogens is 2. The first-order valence-electron chi connectivity index (χ1n) is 3.78. The molecule has 0 spiro atoms. The molecule has 0 aliphatic heterocycles. The van der Waals surface area contributed by atoms with E-state index in [-0.39, 0.29) is 5.97 Å². The van der Waals surface area contributed by atoms with Crippen molar-refractivity contribution >= 4 is 17.5 Å². The van der Waals surface area contributed by atoms with Crippen LogP contribution in [0.1, 0.15) is 30.3 Å². The molecule has 1 aromatic heterocycles. The summed E-state index contributed by atoms with van der Waals surface area (Å²) in [4.78, 5) is 11.1. The number of ether oxygens (including phenoxy) is 1. The summed E-state index contributed by atoms with van der Waals surface area (Å²) in [6, 6.07) is 0. The Labute approximate surface area is 74.7 Å². The van der Waals surface area contributed by atoms with Gasteiger partial charge in [0.1, 0.15) is 0 Å². The highest BCUT2D eigenvalue weighted by Gasteiger charge is 2.08. The van der Waals surface area contributed by atoms with E-state index in [9.17, 15) is 4.79 Å². The summed E-state index contributed by atoms with van der Waals surface area (Å²) in [5, 5.41) is 5.17. The molecule has 0 N–H and O–H groups in total. The number of carbonyl (C=O) groups is 1. The Balaban J connectivity index is 2.30. The number of hydrogen-bond acceptors (Lipinski definition) is 5. The van der Waals surface area contributed by atoms with E-state index in [0.717, 1.165) is 24.4 Å². The Morgan fingerprint density at radius 3 is 3.17 bits per heavy atom. The van der Waals surface area contributed by atoms with Gasteiger partial charge in [-0.15, -0.1) is 5.10 Å². The molecule has 0 bridgehead atoms. The van der Waals surface area contributed by atoms with Crippen LogP contribution >= 0.6 is 11.5 Å². The summed E-state index contributed by atoms with van der Waals surface area (Å²) in [6.07, 6.45) is 1.91. The Morgan fingerprint density at radius 1 is 1.75 bits per heavy atom. The maximum atomic E-state index is 11.1. The highest BCUT2D eigenvalue weighted by atomic mass is 32.1. The van der Waals surface area contributed by atoms with Crippen molar-refractivity contribution in [3.63, 3.8) is 0 Å². The van der Waals surface area contributed by atoms with Crippen LogP contribution in [-0.4, -0.2) is 22.2 Å². The number of rotatable bonds is 4. The van der Waals surface area contributed by atoms with Gasteiger partial charge in [-0.25, -0.2) is 4.79 Å². The fourth-order valence-corrected chi connectivity index (χ4v) is 1.06. The predicted molar refractivity (Wildman–Crippen MR) is 45.1 cm³/mol. The van der Waals surface area contributed by atoms with Gasteiger partial charge in [-0.3, -0.25) is 0 Å². The van der Waals surface area contributed by atoms with E-state index in [1.54, 1.807) is 5.38 Å².